The Kier molecular flexibility index (Phi) is 7.00. The zero-order chi connectivity index (χ0) is 35.6. The Balaban J connectivity index is 1.15. The van der Waals surface area contributed by atoms with Gasteiger partial charge in [0.2, 0.25) is 0 Å². The van der Waals surface area contributed by atoms with Crippen molar-refractivity contribution in [3.05, 3.63) is 176 Å². The number of fused-ring (bicyclic) bond motifs is 7. The molecular formula is C49H29N3OS. The first-order chi connectivity index (χ1) is 26.7. The van der Waals surface area contributed by atoms with Crippen LogP contribution in [-0.4, -0.2) is 15.0 Å². The second-order valence-electron chi connectivity index (χ2n) is 13.6. The maximum absolute atomic E-state index is 6.35. The molecule has 0 saturated heterocycles. The molecule has 11 rings (SSSR count). The Labute approximate surface area is 314 Å². The third-order valence-electron chi connectivity index (χ3n) is 10.3. The zero-order valence-corrected chi connectivity index (χ0v) is 29.7. The largest absolute Gasteiger partial charge is 0.456 e. The number of benzene rings is 8. The molecule has 0 aliphatic carbocycles. The fourth-order valence-electron chi connectivity index (χ4n) is 7.66. The van der Waals surface area contributed by atoms with E-state index in [0.29, 0.717) is 17.5 Å². The Morgan fingerprint density at radius 1 is 0.333 bits per heavy atom. The van der Waals surface area contributed by atoms with E-state index in [1.165, 1.54) is 20.2 Å². The van der Waals surface area contributed by atoms with Gasteiger partial charge in [-0.3, -0.25) is 0 Å². The summed E-state index contributed by atoms with van der Waals surface area (Å²) in [4.78, 5) is 15.5. The van der Waals surface area contributed by atoms with Gasteiger partial charge < -0.3 is 4.42 Å². The highest BCUT2D eigenvalue weighted by Crippen LogP contribution is 2.40. The molecule has 0 spiro atoms. The van der Waals surface area contributed by atoms with Crippen LogP contribution in [0.4, 0.5) is 0 Å². The molecular weight excluding hydrogens is 679 g/mol. The average molecular weight is 708 g/mol. The third kappa shape index (κ3) is 5.17. The summed E-state index contributed by atoms with van der Waals surface area (Å²) in [5.41, 5.74) is 8.87. The van der Waals surface area contributed by atoms with E-state index in [4.69, 9.17) is 19.4 Å². The second kappa shape index (κ2) is 12.3. The fraction of sp³-hybridized carbons (Fsp3) is 0. The first kappa shape index (κ1) is 30.7. The van der Waals surface area contributed by atoms with E-state index >= 15 is 0 Å². The van der Waals surface area contributed by atoms with Crippen molar-refractivity contribution >= 4 is 64.2 Å². The molecule has 252 valence electrons. The van der Waals surface area contributed by atoms with Crippen molar-refractivity contribution in [2.45, 2.75) is 0 Å². The number of rotatable bonds is 5. The summed E-state index contributed by atoms with van der Waals surface area (Å²) in [7, 11) is 0. The van der Waals surface area contributed by atoms with Crippen molar-refractivity contribution < 1.29 is 4.42 Å². The van der Waals surface area contributed by atoms with E-state index in [1.54, 1.807) is 0 Å². The van der Waals surface area contributed by atoms with E-state index in [2.05, 4.69) is 146 Å². The van der Waals surface area contributed by atoms with Gasteiger partial charge in [-0.1, -0.05) is 127 Å². The molecule has 3 aromatic heterocycles. The molecule has 54 heavy (non-hydrogen) atoms. The molecule has 3 heterocycles. The molecule has 5 heteroatoms. The summed E-state index contributed by atoms with van der Waals surface area (Å²) in [6.07, 6.45) is 0. The highest BCUT2D eigenvalue weighted by molar-refractivity contribution is 7.25. The number of nitrogens with zero attached hydrogens (tertiary/aromatic N) is 3. The number of hydrogen-bond acceptors (Lipinski definition) is 5. The van der Waals surface area contributed by atoms with Crippen LogP contribution in [0.25, 0.3) is 109 Å². The molecule has 11 aromatic rings. The zero-order valence-electron chi connectivity index (χ0n) is 28.9. The van der Waals surface area contributed by atoms with Crippen LogP contribution in [0.1, 0.15) is 0 Å². The van der Waals surface area contributed by atoms with Crippen LogP contribution < -0.4 is 0 Å². The molecule has 0 unspecified atom stereocenters. The van der Waals surface area contributed by atoms with Gasteiger partial charge >= 0.3 is 0 Å². The topological polar surface area (TPSA) is 51.8 Å². The minimum atomic E-state index is 0.614. The Morgan fingerprint density at radius 3 is 1.78 bits per heavy atom. The Morgan fingerprint density at radius 2 is 0.926 bits per heavy atom. The normalized spacial score (nSPS) is 11.7. The number of thiophene rings is 1. The number of para-hydroxylation sites is 1. The minimum absolute atomic E-state index is 0.614. The van der Waals surface area contributed by atoms with Gasteiger partial charge in [0.1, 0.15) is 11.2 Å². The maximum Gasteiger partial charge on any atom is 0.164 e. The van der Waals surface area contributed by atoms with Gasteiger partial charge in [0.05, 0.1) is 0 Å². The van der Waals surface area contributed by atoms with Crippen molar-refractivity contribution in [3.63, 3.8) is 0 Å². The number of furan rings is 1. The molecule has 0 saturated carbocycles. The first-order valence-corrected chi connectivity index (χ1v) is 18.8. The molecule has 8 aromatic carbocycles. The molecule has 0 atom stereocenters. The predicted molar refractivity (Wildman–Crippen MR) is 225 cm³/mol. The lowest BCUT2D eigenvalue weighted by atomic mass is 9.94. The molecule has 0 radical (unpaired) electrons. The number of aromatic nitrogens is 3. The molecule has 4 nitrogen and oxygen atoms in total. The van der Waals surface area contributed by atoms with Gasteiger partial charge in [0.25, 0.3) is 0 Å². The van der Waals surface area contributed by atoms with E-state index in [-0.39, 0.29) is 0 Å². The van der Waals surface area contributed by atoms with Crippen molar-refractivity contribution in [2.24, 2.45) is 0 Å². The maximum atomic E-state index is 6.35. The lowest BCUT2D eigenvalue weighted by Crippen LogP contribution is -2.01. The number of hydrogen-bond donors (Lipinski definition) is 0. The lowest BCUT2D eigenvalue weighted by Gasteiger charge is -2.13. The smallest absolute Gasteiger partial charge is 0.164 e. The molecule has 0 N–H and O–H groups in total. The molecule has 0 amide bonds. The van der Waals surface area contributed by atoms with Gasteiger partial charge in [0, 0.05) is 47.6 Å². The van der Waals surface area contributed by atoms with Crippen molar-refractivity contribution in [2.75, 3.05) is 0 Å². The molecule has 0 bridgehead atoms. The van der Waals surface area contributed by atoms with Crippen LogP contribution in [0.15, 0.2) is 180 Å². The van der Waals surface area contributed by atoms with E-state index in [0.717, 1.165) is 71.7 Å². The van der Waals surface area contributed by atoms with Crippen molar-refractivity contribution in [1.82, 2.24) is 15.0 Å². The van der Waals surface area contributed by atoms with Crippen LogP contribution in [0.5, 0.6) is 0 Å². The quantitative estimate of drug-likeness (QED) is 0.179. The summed E-state index contributed by atoms with van der Waals surface area (Å²) in [6, 6.07) is 61.7. The SMILES string of the molecule is c1ccc(-c2nc(-c3cc(-c4ccc5c(c4)oc4ccccc45)cc(-c4ccc5c(c4)sc4ccccc45)c3)nc(-c3cccc4ccccc34)n2)cc1. The van der Waals surface area contributed by atoms with Gasteiger partial charge in [-0.2, -0.15) is 0 Å². The summed E-state index contributed by atoms with van der Waals surface area (Å²) in [5.74, 6) is 1.88. The standard InChI is InChI=1S/C49H29N3OS/c1-2-12-31(13-3-1)47-50-48(52-49(51-47)42-18-10-14-30-11-4-5-15-37(30)42)36-26-34(32-21-23-39-38-16-6-8-19-43(38)53-44(39)28-32)25-35(27-36)33-22-24-41-40-17-7-9-20-45(40)54-46(41)29-33/h1-29H. The van der Waals surface area contributed by atoms with Gasteiger partial charge in [-0.25, -0.2) is 15.0 Å². The lowest BCUT2D eigenvalue weighted by molar-refractivity contribution is 0.669. The molecule has 0 aliphatic rings. The molecule has 0 aliphatic heterocycles. The fourth-order valence-corrected chi connectivity index (χ4v) is 8.81. The van der Waals surface area contributed by atoms with Crippen LogP contribution in [0, 0.1) is 0 Å². The first-order valence-electron chi connectivity index (χ1n) is 18.0. The van der Waals surface area contributed by atoms with Crippen molar-refractivity contribution in [3.8, 4) is 56.4 Å². The highest BCUT2D eigenvalue weighted by Gasteiger charge is 2.17. The van der Waals surface area contributed by atoms with Gasteiger partial charge in [-0.15, -0.1) is 11.3 Å². The summed E-state index contributed by atoms with van der Waals surface area (Å²) in [5, 5.41) is 7.02. The van der Waals surface area contributed by atoms with E-state index in [1.807, 2.05) is 41.7 Å². The summed E-state index contributed by atoms with van der Waals surface area (Å²) in [6.45, 7) is 0. The highest BCUT2D eigenvalue weighted by atomic mass is 32.1. The second-order valence-corrected chi connectivity index (χ2v) is 14.7. The van der Waals surface area contributed by atoms with E-state index in [9.17, 15) is 0 Å². The Bertz CT molecular complexity index is 3100. The van der Waals surface area contributed by atoms with Crippen LogP contribution in [0.2, 0.25) is 0 Å². The summed E-state index contributed by atoms with van der Waals surface area (Å²) < 4.78 is 8.90. The van der Waals surface area contributed by atoms with E-state index < -0.39 is 0 Å². The Hall–Kier alpha value is -6.95. The minimum Gasteiger partial charge on any atom is -0.456 e. The van der Waals surface area contributed by atoms with Gasteiger partial charge in [-0.05, 0) is 81.6 Å². The monoisotopic (exact) mass is 707 g/mol. The molecule has 0 fully saturated rings. The summed E-state index contributed by atoms with van der Waals surface area (Å²) >= 11 is 1.83. The van der Waals surface area contributed by atoms with Crippen molar-refractivity contribution in [1.29, 1.82) is 0 Å². The average Bonchev–Trinajstić information content (AvgIpc) is 3.81. The van der Waals surface area contributed by atoms with Gasteiger partial charge in [0.15, 0.2) is 17.5 Å². The van der Waals surface area contributed by atoms with Crippen LogP contribution in [-0.2, 0) is 0 Å². The predicted octanol–water partition coefficient (Wildman–Crippen LogP) is 13.6. The van der Waals surface area contributed by atoms with Crippen LogP contribution in [0.3, 0.4) is 0 Å². The third-order valence-corrected chi connectivity index (χ3v) is 11.4. The van der Waals surface area contributed by atoms with Crippen LogP contribution >= 0.6 is 11.3 Å².